The van der Waals surface area contributed by atoms with Crippen molar-refractivity contribution in [3.05, 3.63) is 84.4 Å². The van der Waals surface area contributed by atoms with Crippen LogP contribution >= 0.6 is 0 Å². The molecular formula is C21H17N5O2. The summed E-state index contributed by atoms with van der Waals surface area (Å²) in [6.45, 7) is 0. The molecule has 7 heteroatoms. The number of nitrogens with zero attached hydrogens (tertiary/aromatic N) is 4. The van der Waals surface area contributed by atoms with Crippen LogP contribution < -0.4 is 10.1 Å². The Kier molecular flexibility index (Phi) is 4.79. The van der Waals surface area contributed by atoms with Gasteiger partial charge in [-0.15, -0.1) is 5.10 Å². The smallest absolute Gasteiger partial charge is 0.255 e. The number of carbonyl (C=O) groups excluding carboxylic acids is 1. The van der Waals surface area contributed by atoms with E-state index in [-0.39, 0.29) is 5.91 Å². The fraction of sp³-hybridized carbons (Fsp3) is 0.0476. The third-order valence-corrected chi connectivity index (χ3v) is 4.09. The third kappa shape index (κ3) is 3.88. The molecule has 3 aromatic carbocycles. The summed E-state index contributed by atoms with van der Waals surface area (Å²) in [5.74, 6) is 1.83. The van der Waals surface area contributed by atoms with Crippen molar-refractivity contribution in [3.63, 3.8) is 0 Å². The normalized spacial score (nSPS) is 10.5. The maximum absolute atomic E-state index is 12.6. The summed E-state index contributed by atoms with van der Waals surface area (Å²) in [6.07, 6.45) is 0. The van der Waals surface area contributed by atoms with Gasteiger partial charge in [-0.05, 0) is 59.0 Å². The van der Waals surface area contributed by atoms with Crippen LogP contribution in [0.2, 0.25) is 0 Å². The standard InChI is InChI=1S/C21H17N5O2/c1-26-20(23-24-25-26)15-6-5-7-16(14-15)21(27)22-17-10-12-19(13-11-17)28-18-8-3-2-4-9-18/h2-14H,1H3,(H,22,27). The van der Waals surface area contributed by atoms with Crippen LogP contribution in [0.3, 0.4) is 0 Å². The molecule has 0 saturated heterocycles. The Hall–Kier alpha value is -4.00. The van der Waals surface area contributed by atoms with Crippen molar-refractivity contribution in [1.82, 2.24) is 20.2 Å². The minimum absolute atomic E-state index is 0.214. The number of anilines is 1. The van der Waals surface area contributed by atoms with Gasteiger partial charge in [-0.1, -0.05) is 30.3 Å². The van der Waals surface area contributed by atoms with Gasteiger partial charge in [-0.25, -0.2) is 4.68 Å². The number of hydrogen-bond donors (Lipinski definition) is 1. The Morgan fingerprint density at radius 2 is 1.68 bits per heavy atom. The van der Waals surface area contributed by atoms with E-state index >= 15 is 0 Å². The molecule has 0 aliphatic heterocycles. The van der Waals surface area contributed by atoms with E-state index in [9.17, 15) is 4.79 Å². The molecule has 0 saturated carbocycles. The van der Waals surface area contributed by atoms with E-state index in [1.54, 1.807) is 42.1 Å². The minimum atomic E-state index is -0.214. The first-order chi connectivity index (χ1) is 13.7. The lowest BCUT2D eigenvalue weighted by atomic mass is 10.1. The molecule has 1 N–H and O–H groups in total. The van der Waals surface area contributed by atoms with Crippen LogP contribution in [0.5, 0.6) is 11.5 Å². The molecule has 0 bridgehead atoms. The Morgan fingerprint density at radius 3 is 2.39 bits per heavy atom. The van der Waals surface area contributed by atoms with Crippen molar-refractivity contribution in [2.45, 2.75) is 0 Å². The van der Waals surface area contributed by atoms with Crippen molar-refractivity contribution in [3.8, 4) is 22.9 Å². The highest BCUT2D eigenvalue weighted by Gasteiger charge is 2.11. The van der Waals surface area contributed by atoms with Crippen molar-refractivity contribution in [2.75, 3.05) is 5.32 Å². The lowest BCUT2D eigenvalue weighted by Crippen LogP contribution is -2.12. The quantitative estimate of drug-likeness (QED) is 0.575. The van der Waals surface area contributed by atoms with E-state index in [0.717, 1.165) is 11.3 Å². The number of rotatable bonds is 5. The fourth-order valence-corrected chi connectivity index (χ4v) is 2.71. The fourth-order valence-electron chi connectivity index (χ4n) is 2.71. The molecule has 0 unspecified atom stereocenters. The minimum Gasteiger partial charge on any atom is -0.457 e. The van der Waals surface area contributed by atoms with Gasteiger partial charge >= 0.3 is 0 Å². The summed E-state index contributed by atoms with van der Waals surface area (Å²) in [7, 11) is 1.75. The van der Waals surface area contributed by atoms with Crippen LogP contribution in [0.15, 0.2) is 78.9 Å². The predicted octanol–water partition coefficient (Wildman–Crippen LogP) is 3.92. The van der Waals surface area contributed by atoms with Crippen LogP contribution in [0, 0.1) is 0 Å². The molecule has 4 aromatic rings. The van der Waals surface area contributed by atoms with Crippen molar-refractivity contribution < 1.29 is 9.53 Å². The van der Waals surface area contributed by atoms with Crippen LogP contribution in [0.25, 0.3) is 11.4 Å². The van der Waals surface area contributed by atoms with Gasteiger partial charge < -0.3 is 10.1 Å². The summed E-state index contributed by atoms with van der Waals surface area (Å²) >= 11 is 0. The van der Waals surface area contributed by atoms with Gasteiger partial charge in [0.1, 0.15) is 11.5 Å². The number of para-hydroxylation sites is 1. The van der Waals surface area contributed by atoms with Gasteiger partial charge in [0, 0.05) is 23.9 Å². The van der Waals surface area contributed by atoms with E-state index in [1.165, 1.54) is 0 Å². The lowest BCUT2D eigenvalue weighted by Gasteiger charge is -2.09. The van der Waals surface area contributed by atoms with E-state index < -0.39 is 0 Å². The van der Waals surface area contributed by atoms with E-state index in [0.29, 0.717) is 22.8 Å². The van der Waals surface area contributed by atoms with Crippen LogP contribution in [-0.4, -0.2) is 26.1 Å². The number of carbonyl (C=O) groups is 1. The summed E-state index contributed by atoms with van der Waals surface area (Å²) in [5, 5.41) is 14.3. The first-order valence-electron chi connectivity index (χ1n) is 8.66. The van der Waals surface area contributed by atoms with Gasteiger partial charge in [0.25, 0.3) is 5.91 Å². The van der Waals surface area contributed by atoms with Crippen LogP contribution in [0.1, 0.15) is 10.4 Å². The van der Waals surface area contributed by atoms with Gasteiger partial charge in [0.05, 0.1) is 0 Å². The number of tetrazole rings is 1. The van der Waals surface area contributed by atoms with Gasteiger partial charge in [-0.3, -0.25) is 4.79 Å². The molecule has 1 heterocycles. The highest BCUT2D eigenvalue weighted by molar-refractivity contribution is 6.04. The number of nitrogens with one attached hydrogen (secondary N) is 1. The average molecular weight is 371 g/mol. The molecule has 0 aliphatic rings. The molecule has 7 nitrogen and oxygen atoms in total. The van der Waals surface area contributed by atoms with Crippen LogP contribution in [-0.2, 0) is 7.05 Å². The third-order valence-electron chi connectivity index (χ3n) is 4.09. The van der Waals surface area contributed by atoms with E-state index in [2.05, 4.69) is 20.8 Å². The monoisotopic (exact) mass is 371 g/mol. The zero-order valence-corrected chi connectivity index (χ0v) is 15.1. The SMILES string of the molecule is Cn1nnnc1-c1cccc(C(=O)Nc2ccc(Oc3ccccc3)cc2)c1. The molecule has 4 rings (SSSR count). The lowest BCUT2D eigenvalue weighted by molar-refractivity contribution is 0.102. The van der Waals surface area contributed by atoms with Gasteiger partial charge in [0.2, 0.25) is 0 Å². The zero-order chi connectivity index (χ0) is 19.3. The Balaban J connectivity index is 1.46. The van der Waals surface area contributed by atoms with Gasteiger partial charge in [0.15, 0.2) is 5.82 Å². The highest BCUT2D eigenvalue weighted by Crippen LogP contribution is 2.23. The van der Waals surface area contributed by atoms with Crippen molar-refractivity contribution in [1.29, 1.82) is 0 Å². The Bertz CT molecular complexity index is 1090. The van der Waals surface area contributed by atoms with Gasteiger partial charge in [-0.2, -0.15) is 0 Å². The number of aromatic nitrogens is 4. The first kappa shape index (κ1) is 17.4. The molecule has 0 spiro atoms. The maximum Gasteiger partial charge on any atom is 0.255 e. The predicted molar refractivity (Wildman–Crippen MR) is 105 cm³/mol. The molecule has 1 amide bonds. The average Bonchev–Trinajstić information content (AvgIpc) is 3.16. The highest BCUT2D eigenvalue weighted by atomic mass is 16.5. The molecule has 28 heavy (non-hydrogen) atoms. The first-order valence-corrected chi connectivity index (χ1v) is 8.66. The molecule has 138 valence electrons. The molecule has 0 fully saturated rings. The molecule has 0 radical (unpaired) electrons. The van der Waals surface area contributed by atoms with Crippen molar-refractivity contribution >= 4 is 11.6 Å². The second-order valence-electron chi connectivity index (χ2n) is 6.10. The second kappa shape index (κ2) is 7.71. The summed E-state index contributed by atoms with van der Waals surface area (Å²) in [6, 6.07) is 23.9. The number of aryl methyl sites for hydroxylation is 1. The maximum atomic E-state index is 12.6. The zero-order valence-electron chi connectivity index (χ0n) is 15.1. The number of hydrogen-bond acceptors (Lipinski definition) is 5. The molecule has 1 aromatic heterocycles. The number of benzene rings is 3. The summed E-state index contributed by atoms with van der Waals surface area (Å²) < 4.78 is 7.32. The topological polar surface area (TPSA) is 81.9 Å². The number of amides is 1. The molecule has 0 aliphatic carbocycles. The summed E-state index contributed by atoms with van der Waals surface area (Å²) in [5.41, 5.74) is 1.97. The molecular weight excluding hydrogens is 354 g/mol. The number of ether oxygens (including phenoxy) is 1. The largest absolute Gasteiger partial charge is 0.457 e. The van der Waals surface area contributed by atoms with E-state index in [4.69, 9.17) is 4.74 Å². The Morgan fingerprint density at radius 1 is 0.929 bits per heavy atom. The van der Waals surface area contributed by atoms with Crippen LogP contribution in [0.4, 0.5) is 5.69 Å². The Labute approximate surface area is 161 Å². The molecule has 0 atom stereocenters. The van der Waals surface area contributed by atoms with E-state index in [1.807, 2.05) is 48.5 Å². The summed E-state index contributed by atoms with van der Waals surface area (Å²) in [4.78, 5) is 12.6. The van der Waals surface area contributed by atoms with Crippen molar-refractivity contribution in [2.24, 2.45) is 7.05 Å². The second-order valence-corrected chi connectivity index (χ2v) is 6.10.